The predicted molar refractivity (Wildman–Crippen MR) is 88.9 cm³/mol. The molecule has 0 heterocycles. The van der Waals surface area contributed by atoms with Crippen molar-refractivity contribution in [1.82, 2.24) is 0 Å². The second kappa shape index (κ2) is 7.37. The third-order valence-electron chi connectivity index (χ3n) is 3.20. The van der Waals surface area contributed by atoms with Crippen molar-refractivity contribution in [3.8, 4) is 0 Å². The number of ether oxygens (including phenoxy) is 1. The summed E-state index contributed by atoms with van der Waals surface area (Å²) in [6, 6.07) is 9.43. The fourth-order valence-electron chi connectivity index (χ4n) is 1.89. The Morgan fingerprint density at radius 2 is 1.87 bits per heavy atom. The number of carbonyl (C=O) groups excluding carboxylic acids is 2. The van der Waals surface area contributed by atoms with E-state index in [1.807, 2.05) is 13.0 Å². The zero-order valence-electron chi connectivity index (χ0n) is 12.7. The van der Waals surface area contributed by atoms with Crippen molar-refractivity contribution in [3.63, 3.8) is 0 Å². The van der Waals surface area contributed by atoms with Crippen LogP contribution in [0, 0.1) is 19.7 Å². The van der Waals surface area contributed by atoms with E-state index in [9.17, 15) is 14.0 Å². The lowest BCUT2D eigenvalue weighted by Gasteiger charge is -2.09. The molecule has 2 aromatic carbocycles. The molecule has 2 aromatic rings. The zero-order valence-corrected chi connectivity index (χ0v) is 14.2. The Bertz CT molecular complexity index is 761. The average Bonchev–Trinajstić information content (AvgIpc) is 2.50. The van der Waals surface area contributed by atoms with Crippen LogP contribution < -0.4 is 5.32 Å². The monoisotopic (exact) mass is 379 g/mol. The minimum absolute atomic E-state index is 0.0701. The maximum absolute atomic E-state index is 13.4. The van der Waals surface area contributed by atoms with Gasteiger partial charge in [-0.15, -0.1) is 0 Å². The number of nitrogens with one attached hydrogen (secondary N) is 1. The molecule has 1 N–H and O–H groups in total. The fourth-order valence-corrected chi connectivity index (χ4v) is 2.36. The van der Waals surface area contributed by atoms with E-state index in [0.717, 1.165) is 16.1 Å². The number of rotatable bonds is 4. The minimum Gasteiger partial charge on any atom is -0.452 e. The molecule has 1 amide bonds. The summed E-state index contributed by atoms with van der Waals surface area (Å²) in [5.74, 6) is -1.70. The quantitative estimate of drug-likeness (QED) is 0.816. The van der Waals surface area contributed by atoms with Crippen LogP contribution in [0.25, 0.3) is 0 Å². The summed E-state index contributed by atoms with van der Waals surface area (Å²) in [5, 5.41) is 2.65. The van der Waals surface area contributed by atoms with Crippen LogP contribution in [0.3, 0.4) is 0 Å². The van der Waals surface area contributed by atoms with Crippen molar-refractivity contribution in [3.05, 3.63) is 63.4 Å². The Labute approximate surface area is 141 Å². The van der Waals surface area contributed by atoms with Gasteiger partial charge in [0, 0.05) is 10.2 Å². The van der Waals surface area contributed by atoms with Gasteiger partial charge in [0.25, 0.3) is 5.91 Å². The number of esters is 1. The molecule has 0 fully saturated rings. The van der Waals surface area contributed by atoms with Crippen LogP contribution in [0.2, 0.25) is 0 Å². The first-order chi connectivity index (χ1) is 10.9. The molecule has 0 aliphatic carbocycles. The van der Waals surface area contributed by atoms with E-state index in [1.54, 1.807) is 19.1 Å². The van der Waals surface area contributed by atoms with E-state index in [2.05, 4.69) is 21.2 Å². The number of benzene rings is 2. The van der Waals surface area contributed by atoms with Gasteiger partial charge in [-0.25, -0.2) is 9.18 Å². The average molecular weight is 380 g/mol. The molecule has 0 aliphatic heterocycles. The fraction of sp³-hybridized carbons (Fsp3) is 0.176. The second-order valence-electron chi connectivity index (χ2n) is 5.05. The van der Waals surface area contributed by atoms with E-state index < -0.39 is 24.3 Å². The Morgan fingerprint density at radius 3 is 2.52 bits per heavy atom. The summed E-state index contributed by atoms with van der Waals surface area (Å²) in [5.41, 5.74) is 2.01. The summed E-state index contributed by atoms with van der Waals surface area (Å²) in [6.45, 7) is 3.00. The molecular weight excluding hydrogens is 365 g/mol. The van der Waals surface area contributed by atoms with Crippen molar-refractivity contribution in [2.75, 3.05) is 11.9 Å². The first-order valence-electron chi connectivity index (χ1n) is 6.86. The van der Waals surface area contributed by atoms with Crippen LogP contribution in [0.5, 0.6) is 0 Å². The summed E-state index contributed by atoms with van der Waals surface area (Å²) < 4.78 is 19.2. The molecule has 6 heteroatoms. The Balaban J connectivity index is 1.93. The standard InChI is InChI=1S/C17H15BrFNO3/c1-10-3-4-12(8-14(10)19)17(22)23-9-16(21)20-15-6-5-13(18)7-11(15)2/h3-8H,9H2,1-2H3,(H,20,21). The van der Waals surface area contributed by atoms with Gasteiger partial charge in [-0.1, -0.05) is 22.0 Å². The summed E-state index contributed by atoms with van der Waals surface area (Å²) in [4.78, 5) is 23.6. The van der Waals surface area contributed by atoms with E-state index >= 15 is 0 Å². The number of hydrogen-bond donors (Lipinski definition) is 1. The number of aryl methyl sites for hydroxylation is 2. The zero-order chi connectivity index (χ0) is 17.0. The SMILES string of the molecule is Cc1ccc(C(=O)OCC(=O)Nc2ccc(Br)cc2C)cc1F. The van der Waals surface area contributed by atoms with Gasteiger partial charge in [-0.05, 0) is 55.3 Å². The van der Waals surface area contributed by atoms with Crippen molar-refractivity contribution >= 4 is 33.5 Å². The lowest BCUT2D eigenvalue weighted by Crippen LogP contribution is -2.21. The number of hydrogen-bond acceptors (Lipinski definition) is 3. The van der Waals surface area contributed by atoms with Gasteiger partial charge in [-0.2, -0.15) is 0 Å². The molecule has 23 heavy (non-hydrogen) atoms. The van der Waals surface area contributed by atoms with Gasteiger partial charge in [0.15, 0.2) is 6.61 Å². The molecule has 0 unspecified atom stereocenters. The molecular formula is C17H15BrFNO3. The lowest BCUT2D eigenvalue weighted by molar-refractivity contribution is -0.119. The van der Waals surface area contributed by atoms with Crippen molar-refractivity contribution in [1.29, 1.82) is 0 Å². The number of halogens is 2. The molecule has 0 atom stereocenters. The number of anilines is 1. The van der Waals surface area contributed by atoms with Crippen LogP contribution in [0.4, 0.5) is 10.1 Å². The summed E-state index contributed by atoms with van der Waals surface area (Å²) >= 11 is 3.34. The smallest absolute Gasteiger partial charge is 0.338 e. The molecule has 0 aliphatic rings. The second-order valence-corrected chi connectivity index (χ2v) is 5.96. The van der Waals surface area contributed by atoms with Crippen LogP contribution >= 0.6 is 15.9 Å². The molecule has 0 saturated carbocycles. The molecule has 0 aromatic heterocycles. The van der Waals surface area contributed by atoms with Crippen LogP contribution in [0.1, 0.15) is 21.5 Å². The van der Waals surface area contributed by atoms with Gasteiger partial charge in [0.05, 0.1) is 5.56 Å². The molecule has 0 radical (unpaired) electrons. The highest BCUT2D eigenvalue weighted by atomic mass is 79.9. The topological polar surface area (TPSA) is 55.4 Å². The van der Waals surface area contributed by atoms with Crippen LogP contribution in [-0.2, 0) is 9.53 Å². The van der Waals surface area contributed by atoms with Crippen molar-refractivity contribution in [2.45, 2.75) is 13.8 Å². The Hall–Kier alpha value is -2.21. The molecule has 0 bridgehead atoms. The normalized spacial score (nSPS) is 10.3. The van der Waals surface area contributed by atoms with Crippen LogP contribution in [-0.4, -0.2) is 18.5 Å². The molecule has 4 nitrogen and oxygen atoms in total. The molecule has 0 spiro atoms. The third kappa shape index (κ3) is 4.63. The largest absolute Gasteiger partial charge is 0.452 e. The number of carbonyl (C=O) groups is 2. The first-order valence-corrected chi connectivity index (χ1v) is 7.65. The van der Waals surface area contributed by atoms with Crippen molar-refractivity contribution < 1.29 is 18.7 Å². The summed E-state index contributed by atoms with van der Waals surface area (Å²) in [7, 11) is 0. The highest BCUT2D eigenvalue weighted by molar-refractivity contribution is 9.10. The van der Waals surface area contributed by atoms with E-state index in [4.69, 9.17) is 4.74 Å². The minimum atomic E-state index is -0.744. The molecule has 0 saturated heterocycles. The van der Waals surface area contributed by atoms with Gasteiger partial charge in [-0.3, -0.25) is 4.79 Å². The third-order valence-corrected chi connectivity index (χ3v) is 3.70. The first kappa shape index (κ1) is 17.1. The highest BCUT2D eigenvalue weighted by Gasteiger charge is 2.12. The maximum Gasteiger partial charge on any atom is 0.338 e. The molecule has 120 valence electrons. The van der Waals surface area contributed by atoms with E-state index in [-0.39, 0.29) is 5.56 Å². The predicted octanol–water partition coefficient (Wildman–Crippen LogP) is 4.00. The molecule has 2 rings (SSSR count). The number of amides is 1. The summed E-state index contributed by atoms with van der Waals surface area (Å²) in [6.07, 6.45) is 0. The van der Waals surface area contributed by atoms with Gasteiger partial charge in [0.1, 0.15) is 5.82 Å². The Morgan fingerprint density at radius 1 is 1.13 bits per heavy atom. The van der Waals surface area contributed by atoms with Crippen molar-refractivity contribution in [2.24, 2.45) is 0 Å². The van der Waals surface area contributed by atoms with E-state index in [1.165, 1.54) is 12.1 Å². The van der Waals surface area contributed by atoms with Gasteiger partial charge < -0.3 is 10.1 Å². The van der Waals surface area contributed by atoms with E-state index in [0.29, 0.717) is 11.3 Å². The van der Waals surface area contributed by atoms with Crippen LogP contribution in [0.15, 0.2) is 40.9 Å². The Kier molecular flexibility index (Phi) is 5.50. The highest BCUT2D eigenvalue weighted by Crippen LogP contribution is 2.20. The maximum atomic E-state index is 13.4. The van der Waals surface area contributed by atoms with Gasteiger partial charge in [0.2, 0.25) is 0 Å². The van der Waals surface area contributed by atoms with Gasteiger partial charge >= 0.3 is 5.97 Å². The lowest BCUT2D eigenvalue weighted by atomic mass is 10.1.